The number of carboxylic acid groups (broad SMARTS) is 1. The fourth-order valence-corrected chi connectivity index (χ4v) is 2.54. The van der Waals surface area contributed by atoms with Crippen LogP contribution in [0.4, 0.5) is 0 Å². The SMILES string of the molecule is CCC(CCNC(=O)C=Cc1csc(C)n1)CCC(=O)O. The molecular weight excluding hydrogens is 288 g/mol. The van der Waals surface area contributed by atoms with E-state index < -0.39 is 5.97 Å². The van der Waals surface area contributed by atoms with Crippen LogP contribution in [0.2, 0.25) is 0 Å². The maximum absolute atomic E-state index is 11.6. The minimum absolute atomic E-state index is 0.145. The highest BCUT2D eigenvalue weighted by Gasteiger charge is 2.09. The molecule has 5 nitrogen and oxygen atoms in total. The molecule has 0 aliphatic rings. The van der Waals surface area contributed by atoms with Crippen LogP contribution in [0.5, 0.6) is 0 Å². The molecule has 1 heterocycles. The zero-order valence-electron chi connectivity index (χ0n) is 12.5. The molecular formula is C15H22N2O3S. The maximum atomic E-state index is 11.6. The van der Waals surface area contributed by atoms with E-state index in [0.29, 0.717) is 18.9 Å². The van der Waals surface area contributed by atoms with Crippen LogP contribution in [-0.4, -0.2) is 28.5 Å². The molecule has 116 valence electrons. The molecule has 0 saturated carbocycles. The molecule has 21 heavy (non-hydrogen) atoms. The maximum Gasteiger partial charge on any atom is 0.303 e. The van der Waals surface area contributed by atoms with Gasteiger partial charge in [0.2, 0.25) is 5.91 Å². The van der Waals surface area contributed by atoms with Crippen LogP contribution in [0.15, 0.2) is 11.5 Å². The van der Waals surface area contributed by atoms with Crippen molar-refractivity contribution in [3.05, 3.63) is 22.2 Å². The summed E-state index contributed by atoms with van der Waals surface area (Å²) in [5, 5.41) is 14.4. The molecule has 1 aromatic rings. The molecule has 0 radical (unpaired) electrons. The number of aromatic nitrogens is 1. The molecule has 1 unspecified atom stereocenters. The Morgan fingerprint density at radius 1 is 1.48 bits per heavy atom. The lowest BCUT2D eigenvalue weighted by Gasteiger charge is -2.13. The van der Waals surface area contributed by atoms with Crippen LogP contribution in [0.25, 0.3) is 6.08 Å². The van der Waals surface area contributed by atoms with Gasteiger partial charge in [0.25, 0.3) is 0 Å². The van der Waals surface area contributed by atoms with Crippen molar-refractivity contribution < 1.29 is 14.7 Å². The van der Waals surface area contributed by atoms with Gasteiger partial charge in [-0.25, -0.2) is 4.98 Å². The Hall–Kier alpha value is -1.69. The lowest BCUT2D eigenvalue weighted by Crippen LogP contribution is -2.24. The Morgan fingerprint density at radius 3 is 2.81 bits per heavy atom. The first-order valence-electron chi connectivity index (χ1n) is 7.11. The minimum atomic E-state index is -0.765. The van der Waals surface area contributed by atoms with Gasteiger partial charge < -0.3 is 10.4 Å². The predicted octanol–water partition coefficient (Wildman–Crippen LogP) is 2.86. The van der Waals surface area contributed by atoms with E-state index in [4.69, 9.17) is 5.11 Å². The van der Waals surface area contributed by atoms with Crippen LogP contribution < -0.4 is 5.32 Å². The first-order chi connectivity index (χ1) is 10.0. The van der Waals surface area contributed by atoms with Gasteiger partial charge in [-0.3, -0.25) is 9.59 Å². The van der Waals surface area contributed by atoms with Crippen molar-refractivity contribution in [1.82, 2.24) is 10.3 Å². The quantitative estimate of drug-likeness (QED) is 0.687. The lowest BCUT2D eigenvalue weighted by molar-refractivity contribution is -0.137. The third-order valence-electron chi connectivity index (χ3n) is 3.24. The van der Waals surface area contributed by atoms with Crippen LogP contribution in [0.1, 0.15) is 43.3 Å². The third kappa shape index (κ3) is 7.60. The Balaban J connectivity index is 2.25. The van der Waals surface area contributed by atoms with Gasteiger partial charge in [-0.15, -0.1) is 11.3 Å². The number of rotatable bonds is 9. The molecule has 2 N–H and O–H groups in total. The molecule has 1 aromatic heterocycles. The summed E-state index contributed by atoms with van der Waals surface area (Å²) >= 11 is 1.55. The molecule has 1 atom stereocenters. The molecule has 1 rings (SSSR count). The zero-order chi connectivity index (χ0) is 15.7. The van der Waals surface area contributed by atoms with Crippen molar-refractivity contribution in [2.45, 2.75) is 39.5 Å². The summed E-state index contributed by atoms with van der Waals surface area (Å²) in [5.74, 6) is -0.570. The molecule has 1 amide bonds. The molecule has 0 spiro atoms. The van der Waals surface area contributed by atoms with Gasteiger partial charge in [0.15, 0.2) is 0 Å². The predicted molar refractivity (Wildman–Crippen MR) is 84.2 cm³/mol. The number of carbonyl (C=O) groups is 2. The molecule has 0 bridgehead atoms. The summed E-state index contributed by atoms with van der Waals surface area (Å²) < 4.78 is 0. The van der Waals surface area contributed by atoms with Crippen LogP contribution in [-0.2, 0) is 9.59 Å². The first kappa shape index (κ1) is 17.4. The van der Waals surface area contributed by atoms with Crippen molar-refractivity contribution in [2.75, 3.05) is 6.54 Å². The van der Waals surface area contributed by atoms with E-state index in [-0.39, 0.29) is 12.3 Å². The van der Waals surface area contributed by atoms with E-state index in [9.17, 15) is 9.59 Å². The third-order valence-corrected chi connectivity index (χ3v) is 4.03. The Bertz CT molecular complexity index is 497. The van der Waals surface area contributed by atoms with Crippen LogP contribution in [0.3, 0.4) is 0 Å². The van der Waals surface area contributed by atoms with Crippen molar-refractivity contribution in [3.63, 3.8) is 0 Å². The van der Waals surface area contributed by atoms with Gasteiger partial charge >= 0.3 is 5.97 Å². The first-order valence-corrected chi connectivity index (χ1v) is 7.99. The number of hydrogen-bond acceptors (Lipinski definition) is 4. The smallest absolute Gasteiger partial charge is 0.303 e. The van der Waals surface area contributed by atoms with Crippen molar-refractivity contribution in [1.29, 1.82) is 0 Å². The zero-order valence-corrected chi connectivity index (χ0v) is 13.3. The summed E-state index contributed by atoms with van der Waals surface area (Å²) in [6, 6.07) is 0. The number of nitrogens with one attached hydrogen (secondary N) is 1. The van der Waals surface area contributed by atoms with E-state index in [1.165, 1.54) is 6.08 Å². The molecule has 6 heteroatoms. The second kappa shape index (κ2) is 9.28. The summed E-state index contributed by atoms with van der Waals surface area (Å²) in [4.78, 5) is 26.4. The number of aryl methyl sites for hydroxylation is 1. The molecule has 0 fully saturated rings. The van der Waals surface area contributed by atoms with Crippen molar-refractivity contribution in [3.8, 4) is 0 Å². The molecule has 0 aliphatic heterocycles. The van der Waals surface area contributed by atoms with Gasteiger partial charge in [0.1, 0.15) is 0 Å². The van der Waals surface area contributed by atoms with Gasteiger partial charge in [0, 0.05) is 24.4 Å². The fourth-order valence-electron chi connectivity index (χ4n) is 1.96. The van der Waals surface area contributed by atoms with E-state index in [2.05, 4.69) is 10.3 Å². The summed E-state index contributed by atoms with van der Waals surface area (Å²) in [6.45, 7) is 4.53. The largest absolute Gasteiger partial charge is 0.481 e. The van der Waals surface area contributed by atoms with Gasteiger partial charge in [-0.05, 0) is 31.8 Å². The van der Waals surface area contributed by atoms with Gasteiger partial charge in [-0.1, -0.05) is 13.3 Å². The van der Waals surface area contributed by atoms with E-state index in [1.807, 2.05) is 19.2 Å². The molecule has 0 aliphatic carbocycles. The summed E-state index contributed by atoms with van der Waals surface area (Å²) in [7, 11) is 0. The topological polar surface area (TPSA) is 79.3 Å². The second-order valence-corrected chi connectivity index (χ2v) is 5.97. The summed E-state index contributed by atoms with van der Waals surface area (Å²) in [6.07, 6.45) is 5.76. The van der Waals surface area contributed by atoms with Crippen molar-refractivity contribution >= 4 is 29.3 Å². The average Bonchev–Trinajstić information content (AvgIpc) is 2.86. The Labute approximate surface area is 129 Å². The fraction of sp³-hybridized carbons (Fsp3) is 0.533. The number of thiazole rings is 1. The highest BCUT2D eigenvalue weighted by atomic mass is 32.1. The summed E-state index contributed by atoms with van der Waals surface area (Å²) in [5.41, 5.74) is 0.792. The highest BCUT2D eigenvalue weighted by molar-refractivity contribution is 7.09. The normalized spacial score (nSPS) is 12.5. The van der Waals surface area contributed by atoms with Crippen LogP contribution in [0, 0.1) is 12.8 Å². The standard InChI is InChI=1S/C15H22N2O3S/c1-3-12(4-7-15(19)20)8-9-16-14(18)6-5-13-10-21-11(2)17-13/h5-6,10,12H,3-4,7-9H2,1-2H3,(H,16,18)(H,19,20). The number of nitrogens with zero attached hydrogens (tertiary/aromatic N) is 1. The highest BCUT2D eigenvalue weighted by Crippen LogP contribution is 2.14. The van der Waals surface area contributed by atoms with E-state index in [1.54, 1.807) is 17.4 Å². The van der Waals surface area contributed by atoms with Gasteiger partial charge in [0.05, 0.1) is 10.7 Å². The number of carboxylic acids is 1. The number of aliphatic carboxylic acids is 1. The van der Waals surface area contributed by atoms with Crippen LogP contribution >= 0.6 is 11.3 Å². The van der Waals surface area contributed by atoms with E-state index in [0.717, 1.165) is 23.5 Å². The second-order valence-electron chi connectivity index (χ2n) is 4.91. The Kier molecular flexibility index (Phi) is 7.68. The Morgan fingerprint density at radius 2 is 2.24 bits per heavy atom. The molecule has 0 saturated heterocycles. The lowest BCUT2D eigenvalue weighted by atomic mass is 9.97. The monoisotopic (exact) mass is 310 g/mol. The van der Waals surface area contributed by atoms with Crippen molar-refractivity contribution in [2.24, 2.45) is 5.92 Å². The average molecular weight is 310 g/mol. The number of hydrogen-bond donors (Lipinski definition) is 2. The number of carbonyl (C=O) groups excluding carboxylic acids is 1. The molecule has 0 aromatic carbocycles. The number of amides is 1. The van der Waals surface area contributed by atoms with E-state index >= 15 is 0 Å². The van der Waals surface area contributed by atoms with Gasteiger partial charge in [-0.2, -0.15) is 0 Å². The minimum Gasteiger partial charge on any atom is -0.481 e.